The maximum atomic E-state index is 13.3. The average molecular weight is 463 g/mol. The van der Waals surface area contributed by atoms with Crippen LogP contribution in [0.25, 0.3) is 0 Å². The smallest absolute Gasteiger partial charge is 0.229 e. The number of aromatic nitrogens is 1. The van der Waals surface area contributed by atoms with Crippen LogP contribution in [0, 0.1) is 16.5 Å². The van der Waals surface area contributed by atoms with Gasteiger partial charge in [-0.05, 0) is 63.2 Å². The van der Waals surface area contributed by atoms with Crippen LogP contribution in [0.1, 0.15) is 55.8 Å². The van der Waals surface area contributed by atoms with E-state index in [4.69, 9.17) is 0 Å². The second-order valence-corrected chi connectivity index (χ2v) is 10.2. The van der Waals surface area contributed by atoms with E-state index in [1.807, 2.05) is 29.2 Å². The van der Waals surface area contributed by atoms with E-state index in [9.17, 15) is 14.8 Å². The summed E-state index contributed by atoms with van der Waals surface area (Å²) in [6.45, 7) is 3.79. The lowest BCUT2D eigenvalue weighted by Crippen LogP contribution is -2.46. The summed E-state index contributed by atoms with van der Waals surface area (Å²) >= 11 is 0. The Morgan fingerprint density at radius 3 is 2.47 bits per heavy atom. The van der Waals surface area contributed by atoms with E-state index in [0.717, 1.165) is 75.0 Å². The number of nitrogens with one attached hydrogen (secondary N) is 1. The van der Waals surface area contributed by atoms with Crippen molar-refractivity contribution in [1.82, 2.24) is 15.1 Å². The van der Waals surface area contributed by atoms with Crippen LogP contribution in [0.5, 0.6) is 0 Å². The van der Waals surface area contributed by atoms with Crippen LogP contribution < -0.4 is 10.0 Å². The number of benzene rings is 1. The molecule has 2 aromatic rings. The van der Waals surface area contributed by atoms with Crippen molar-refractivity contribution in [3.63, 3.8) is 0 Å². The van der Waals surface area contributed by atoms with Gasteiger partial charge in [-0.1, -0.05) is 30.3 Å². The maximum absolute atomic E-state index is 13.3. The zero-order chi connectivity index (χ0) is 23.5. The second-order valence-electron chi connectivity index (χ2n) is 10.2. The topological polar surface area (TPSA) is 79.6 Å². The molecule has 1 spiro atoms. The van der Waals surface area contributed by atoms with Crippen LogP contribution in [-0.4, -0.2) is 47.8 Å². The molecule has 3 aliphatic rings. The molecule has 1 N–H and O–H groups in total. The number of likely N-dealkylation sites (tertiary alicyclic amines) is 2. The summed E-state index contributed by atoms with van der Waals surface area (Å²) in [4.78, 5) is 30.0. The molecular formula is C27H34N4O3. The molecule has 1 aromatic carbocycles. The Hall–Kier alpha value is -2.93. The summed E-state index contributed by atoms with van der Waals surface area (Å²) in [5.41, 5.74) is 1.49. The summed E-state index contributed by atoms with van der Waals surface area (Å²) in [5.74, 6) is 0.583. The predicted molar refractivity (Wildman–Crippen MR) is 128 cm³/mol. The normalized spacial score (nSPS) is 21.1. The molecule has 0 radical (unpaired) electrons. The fraction of sp³-hybridized carbons (Fsp3) is 0.519. The molecule has 7 heteroatoms. The number of amides is 2. The van der Waals surface area contributed by atoms with Crippen molar-refractivity contribution in [2.75, 3.05) is 26.2 Å². The Morgan fingerprint density at radius 2 is 1.76 bits per heavy atom. The average Bonchev–Trinajstić information content (AvgIpc) is 3.68. The van der Waals surface area contributed by atoms with Gasteiger partial charge in [0, 0.05) is 31.1 Å². The number of carbonyl (C=O) groups excluding carboxylic acids is 2. The van der Waals surface area contributed by atoms with Gasteiger partial charge in [0.15, 0.2) is 6.20 Å². The first-order valence-corrected chi connectivity index (χ1v) is 12.6. The lowest BCUT2D eigenvalue weighted by molar-refractivity contribution is -0.615. The molecule has 0 bridgehead atoms. The van der Waals surface area contributed by atoms with Crippen molar-refractivity contribution in [2.45, 2.75) is 51.1 Å². The monoisotopic (exact) mass is 462 g/mol. The minimum absolute atomic E-state index is 0.0263. The van der Waals surface area contributed by atoms with Gasteiger partial charge in [-0.3, -0.25) is 9.59 Å². The van der Waals surface area contributed by atoms with Crippen LogP contribution in [0.3, 0.4) is 0 Å². The van der Waals surface area contributed by atoms with Crippen molar-refractivity contribution in [3.05, 3.63) is 71.2 Å². The van der Waals surface area contributed by atoms with E-state index >= 15 is 0 Å². The largest absolute Gasteiger partial charge is 0.618 e. The van der Waals surface area contributed by atoms with Crippen LogP contribution in [0.2, 0.25) is 0 Å². The predicted octanol–water partition coefficient (Wildman–Crippen LogP) is 2.79. The highest BCUT2D eigenvalue weighted by molar-refractivity contribution is 5.85. The van der Waals surface area contributed by atoms with Gasteiger partial charge in [0.25, 0.3) is 0 Å². The van der Waals surface area contributed by atoms with E-state index in [0.29, 0.717) is 12.2 Å². The van der Waals surface area contributed by atoms with E-state index in [-0.39, 0.29) is 29.2 Å². The minimum Gasteiger partial charge on any atom is -0.618 e. The first kappa shape index (κ1) is 22.8. The third-order valence-corrected chi connectivity index (χ3v) is 7.87. The van der Waals surface area contributed by atoms with E-state index < -0.39 is 0 Å². The van der Waals surface area contributed by atoms with Crippen molar-refractivity contribution in [3.8, 4) is 0 Å². The van der Waals surface area contributed by atoms with Gasteiger partial charge in [0.2, 0.25) is 17.5 Å². The van der Waals surface area contributed by atoms with Crippen LogP contribution in [-0.2, 0) is 16.1 Å². The van der Waals surface area contributed by atoms with Crippen LogP contribution in [0.15, 0.2) is 54.7 Å². The third-order valence-electron chi connectivity index (χ3n) is 7.87. The Balaban J connectivity index is 1.15. The molecule has 2 amide bonds. The zero-order valence-electron chi connectivity index (χ0n) is 19.7. The molecule has 5 rings (SSSR count). The van der Waals surface area contributed by atoms with Crippen LogP contribution >= 0.6 is 0 Å². The van der Waals surface area contributed by atoms with Crippen LogP contribution in [0.4, 0.5) is 0 Å². The summed E-state index contributed by atoms with van der Waals surface area (Å²) in [7, 11) is 0. The second kappa shape index (κ2) is 9.74. The molecule has 180 valence electrons. The van der Waals surface area contributed by atoms with Crippen molar-refractivity contribution in [1.29, 1.82) is 0 Å². The van der Waals surface area contributed by atoms with E-state index in [1.165, 1.54) is 6.20 Å². The molecule has 0 unspecified atom stereocenters. The fourth-order valence-electron chi connectivity index (χ4n) is 5.45. The lowest BCUT2D eigenvalue weighted by Gasteiger charge is -2.38. The highest BCUT2D eigenvalue weighted by atomic mass is 16.5. The summed E-state index contributed by atoms with van der Waals surface area (Å²) in [5, 5.41) is 15.3. The number of hydrogen-bond acceptors (Lipinski definition) is 4. The summed E-state index contributed by atoms with van der Waals surface area (Å²) in [6.07, 6.45) is 6.96. The first-order valence-electron chi connectivity index (χ1n) is 12.6. The van der Waals surface area contributed by atoms with E-state index in [1.54, 1.807) is 12.1 Å². The Bertz CT molecular complexity index is 1020. The van der Waals surface area contributed by atoms with E-state index in [2.05, 4.69) is 22.3 Å². The number of carbonyl (C=O) groups is 2. The molecule has 7 nitrogen and oxygen atoms in total. The maximum Gasteiger partial charge on any atom is 0.229 e. The van der Waals surface area contributed by atoms with Gasteiger partial charge in [-0.25, -0.2) is 0 Å². The minimum atomic E-state index is -0.280. The molecule has 2 saturated heterocycles. The highest BCUT2D eigenvalue weighted by Gasteiger charge is 2.48. The molecule has 2 aliphatic heterocycles. The van der Waals surface area contributed by atoms with Gasteiger partial charge in [-0.2, -0.15) is 4.73 Å². The molecule has 1 aromatic heterocycles. The summed E-state index contributed by atoms with van der Waals surface area (Å²) in [6, 6.07) is 15.6. The van der Waals surface area contributed by atoms with Gasteiger partial charge >= 0.3 is 0 Å². The SMILES string of the molecule is O=C(N[C@@H](CCN1CCC2(CC1)CCN(Cc1cccc[n+]1[O-])C2=O)c1ccccc1)C1CC1. The Labute approximate surface area is 201 Å². The number of rotatable bonds is 8. The molecular weight excluding hydrogens is 428 g/mol. The molecule has 34 heavy (non-hydrogen) atoms. The van der Waals surface area contributed by atoms with Gasteiger partial charge in [-0.15, -0.1) is 0 Å². The number of piperidine rings is 1. The number of pyridine rings is 1. The van der Waals surface area contributed by atoms with Gasteiger partial charge in [0.05, 0.1) is 11.5 Å². The fourth-order valence-corrected chi connectivity index (χ4v) is 5.45. The molecule has 1 aliphatic carbocycles. The quantitative estimate of drug-likeness (QED) is 0.483. The molecule has 3 fully saturated rings. The Morgan fingerprint density at radius 1 is 1.06 bits per heavy atom. The molecule has 3 heterocycles. The number of nitrogens with zero attached hydrogens (tertiary/aromatic N) is 3. The van der Waals surface area contributed by atoms with Gasteiger partial charge in [0.1, 0.15) is 6.54 Å². The highest BCUT2D eigenvalue weighted by Crippen LogP contribution is 2.42. The lowest BCUT2D eigenvalue weighted by atomic mass is 9.77. The molecule has 1 atom stereocenters. The standard InChI is InChI=1S/C27H34N4O3/c32-25(22-9-10-22)28-24(21-6-2-1-3-7-21)11-16-29-17-12-27(13-18-29)14-19-30(26(27)33)20-23-8-4-5-15-31(23)34/h1-8,15,22,24H,9-14,16-20H2,(H,28,32)/t24-/m0/s1. The third kappa shape index (κ3) is 4.94. The number of hydrogen-bond donors (Lipinski definition) is 1. The molecule has 1 saturated carbocycles. The van der Waals surface area contributed by atoms with Crippen molar-refractivity contribution < 1.29 is 14.3 Å². The van der Waals surface area contributed by atoms with Gasteiger partial charge < -0.3 is 20.3 Å². The Kier molecular flexibility index (Phi) is 6.55. The summed E-state index contributed by atoms with van der Waals surface area (Å²) < 4.78 is 0.853. The van der Waals surface area contributed by atoms with Crippen molar-refractivity contribution in [2.24, 2.45) is 11.3 Å². The first-order chi connectivity index (χ1) is 16.5. The van der Waals surface area contributed by atoms with Crippen molar-refractivity contribution >= 4 is 11.8 Å². The zero-order valence-corrected chi connectivity index (χ0v) is 19.7.